The fourth-order valence-electron chi connectivity index (χ4n) is 4.98. The summed E-state index contributed by atoms with van der Waals surface area (Å²) < 4.78 is 30.5. The minimum absolute atomic E-state index is 0.245. The number of carbonyl (C=O) groups excluding carboxylic acids is 1. The molecule has 1 aliphatic carbocycles. The number of nitrogens with one attached hydrogen (secondary N) is 1. The van der Waals surface area contributed by atoms with Gasteiger partial charge in [-0.1, -0.05) is 24.3 Å². The van der Waals surface area contributed by atoms with E-state index in [2.05, 4.69) is 34.2 Å². The zero-order valence-corrected chi connectivity index (χ0v) is 21.5. The quantitative estimate of drug-likeness (QED) is 0.617. The first-order valence-electron chi connectivity index (χ1n) is 11.9. The van der Waals surface area contributed by atoms with E-state index in [-0.39, 0.29) is 6.42 Å². The number of aliphatic imine (C=N–C) groups is 1. The van der Waals surface area contributed by atoms with Crippen molar-refractivity contribution in [3.05, 3.63) is 41.2 Å². The molecule has 188 valence electrons. The molecule has 4 rings (SSSR count). The SMILES string of the molecule is Cc1nc(N)c2c(n1)OC(C)(C)C(c1ccc([C@H]3CC[C@H](CCC(=O)NS(C)(=O)=O)CC3)cc1)=N2. The van der Waals surface area contributed by atoms with E-state index >= 15 is 0 Å². The molecule has 2 aliphatic rings. The summed E-state index contributed by atoms with van der Waals surface area (Å²) in [5.74, 6) is 1.76. The van der Waals surface area contributed by atoms with E-state index in [1.165, 1.54) is 5.56 Å². The number of hydrogen-bond acceptors (Lipinski definition) is 8. The number of fused-ring (bicyclic) bond motifs is 1. The second kappa shape index (κ2) is 9.56. The summed E-state index contributed by atoms with van der Waals surface area (Å²) in [6, 6.07) is 8.47. The highest BCUT2D eigenvalue weighted by Crippen LogP contribution is 2.40. The topological polar surface area (TPSA) is 137 Å². The number of aryl methyl sites for hydroxylation is 1. The van der Waals surface area contributed by atoms with Crippen molar-refractivity contribution in [3.63, 3.8) is 0 Å². The first-order valence-corrected chi connectivity index (χ1v) is 13.8. The number of benzene rings is 1. The number of nitrogens with zero attached hydrogens (tertiary/aromatic N) is 3. The van der Waals surface area contributed by atoms with Crippen molar-refractivity contribution in [2.24, 2.45) is 10.9 Å². The number of carbonyl (C=O) groups is 1. The predicted molar refractivity (Wildman–Crippen MR) is 135 cm³/mol. The van der Waals surface area contributed by atoms with Gasteiger partial charge in [0.25, 0.3) is 0 Å². The summed E-state index contributed by atoms with van der Waals surface area (Å²) in [6.45, 7) is 5.70. The van der Waals surface area contributed by atoms with Gasteiger partial charge in [-0.15, -0.1) is 0 Å². The molecule has 0 unspecified atom stereocenters. The first-order chi connectivity index (χ1) is 16.4. The zero-order chi connectivity index (χ0) is 25.4. The maximum absolute atomic E-state index is 11.8. The molecule has 0 spiro atoms. The molecule has 0 bridgehead atoms. The van der Waals surface area contributed by atoms with Crippen LogP contribution in [0.4, 0.5) is 11.5 Å². The van der Waals surface area contributed by atoms with Gasteiger partial charge >= 0.3 is 0 Å². The summed E-state index contributed by atoms with van der Waals surface area (Å²) in [5.41, 5.74) is 8.93. The molecule has 2 heterocycles. The van der Waals surface area contributed by atoms with Crippen molar-refractivity contribution in [1.82, 2.24) is 14.7 Å². The molecule has 2 aromatic rings. The molecule has 0 saturated heterocycles. The van der Waals surface area contributed by atoms with Crippen molar-refractivity contribution in [1.29, 1.82) is 0 Å². The van der Waals surface area contributed by atoms with Crippen LogP contribution in [0.2, 0.25) is 0 Å². The third kappa shape index (κ3) is 5.98. The lowest BCUT2D eigenvalue weighted by Gasteiger charge is -2.32. The van der Waals surface area contributed by atoms with Crippen LogP contribution in [0, 0.1) is 12.8 Å². The Morgan fingerprint density at radius 2 is 1.80 bits per heavy atom. The number of rotatable bonds is 6. The van der Waals surface area contributed by atoms with Gasteiger partial charge in [-0.2, -0.15) is 4.98 Å². The van der Waals surface area contributed by atoms with Crippen LogP contribution in [0.25, 0.3) is 0 Å². The lowest BCUT2D eigenvalue weighted by molar-refractivity contribution is -0.119. The van der Waals surface area contributed by atoms with Gasteiger partial charge in [0.2, 0.25) is 21.8 Å². The number of nitrogen functional groups attached to an aromatic ring is 1. The van der Waals surface area contributed by atoms with Crippen LogP contribution in [-0.4, -0.2) is 41.9 Å². The smallest absolute Gasteiger partial charge is 0.246 e. The van der Waals surface area contributed by atoms with Gasteiger partial charge in [-0.3, -0.25) is 9.52 Å². The van der Waals surface area contributed by atoms with Crippen LogP contribution in [0.1, 0.15) is 75.2 Å². The lowest BCUT2D eigenvalue weighted by Crippen LogP contribution is -2.41. The Bertz CT molecular complexity index is 1250. The number of nitrogens with two attached hydrogens (primary N) is 1. The average Bonchev–Trinajstić information content (AvgIpc) is 2.76. The minimum Gasteiger partial charge on any atom is -0.463 e. The molecular weight excluding hydrogens is 466 g/mol. The summed E-state index contributed by atoms with van der Waals surface area (Å²) in [4.78, 5) is 25.1. The van der Waals surface area contributed by atoms with Gasteiger partial charge in [-0.05, 0) is 70.3 Å². The molecule has 1 aliphatic heterocycles. The Kier molecular flexibility index (Phi) is 6.86. The van der Waals surface area contributed by atoms with Crippen LogP contribution in [0.3, 0.4) is 0 Å². The number of amides is 1. The molecule has 3 N–H and O–H groups in total. The second-order valence-corrected chi connectivity index (χ2v) is 11.8. The number of ether oxygens (including phenoxy) is 1. The maximum Gasteiger partial charge on any atom is 0.246 e. The van der Waals surface area contributed by atoms with Crippen molar-refractivity contribution >= 4 is 33.1 Å². The van der Waals surface area contributed by atoms with Gasteiger partial charge in [0, 0.05) is 12.0 Å². The molecular formula is C25H33N5O4S. The van der Waals surface area contributed by atoms with Crippen molar-refractivity contribution in [2.75, 3.05) is 12.0 Å². The molecule has 9 nitrogen and oxygen atoms in total. The van der Waals surface area contributed by atoms with E-state index in [9.17, 15) is 13.2 Å². The van der Waals surface area contributed by atoms with Crippen LogP contribution in [-0.2, 0) is 14.8 Å². The third-order valence-corrected chi connectivity index (χ3v) is 7.32. The fourth-order valence-corrected chi connectivity index (χ4v) is 5.49. The number of sulfonamides is 1. The van der Waals surface area contributed by atoms with E-state index in [0.29, 0.717) is 35.0 Å². The Morgan fingerprint density at radius 1 is 1.14 bits per heavy atom. The Hall–Kier alpha value is -3.01. The molecule has 1 saturated carbocycles. The maximum atomic E-state index is 11.8. The van der Waals surface area contributed by atoms with Crippen LogP contribution in [0.5, 0.6) is 5.88 Å². The summed E-state index contributed by atoms with van der Waals surface area (Å²) in [6.07, 6.45) is 6.12. The molecule has 1 aromatic heterocycles. The van der Waals surface area contributed by atoms with Crippen LogP contribution >= 0.6 is 0 Å². The van der Waals surface area contributed by atoms with Crippen molar-refractivity contribution in [3.8, 4) is 5.88 Å². The largest absolute Gasteiger partial charge is 0.463 e. The predicted octanol–water partition coefficient (Wildman–Crippen LogP) is 3.79. The second-order valence-electron chi connectivity index (χ2n) is 10.1. The van der Waals surface area contributed by atoms with Crippen molar-refractivity contribution < 1.29 is 17.9 Å². The molecule has 35 heavy (non-hydrogen) atoms. The summed E-state index contributed by atoms with van der Waals surface area (Å²) >= 11 is 0. The minimum atomic E-state index is -3.49. The van der Waals surface area contributed by atoms with E-state index in [1.54, 1.807) is 6.92 Å². The van der Waals surface area contributed by atoms with E-state index < -0.39 is 21.5 Å². The van der Waals surface area contributed by atoms with Crippen molar-refractivity contribution in [2.45, 2.75) is 70.8 Å². The molecule has 10 heteroatoms. The van der Waals surface area contributed by atoms with Gasteiger partial charge in [0.15, 0.2) is 11.5 Å². The zero-order valence-electron chi connectivity index (χ0n) is 20.7. The van der Waals surface area contributed by atoms with Crippen LogP contribution in [0.15, 0.2) is 29.3 Å². The Morgan fingerprint density at radius 3 is 2.43 bits per heavy atom. The molecule has 1 aromatic carbocycles. The molecule has 1 amide bonds. The summed E-state index contributed by atoms with van der Waals surface area (Å²) in [7, 11) is -3.49. The van der Waals surface area contributed by atoms with E-state index in [4.69, 9.17) is 15.5 Å². The van der Waals surface area contributed by atoms with Gasteiger partial charge < -0.3 is 10.5 Å². The lowest BCUT2D eigenvalue weighted by atomic mass is 9.77. The molecule has 0 radical (unpaired) electrons. The number of aromatic nitrogens is 2. The highest BCUT2D eigenvalue weighted by molar-refractivity contribution is 7.89. The van der Waals surface area contributed by atoms with E-state index in [1.807, 2.05) is 18.6 Å². The van der Waals surface area contributed by atoms with E-state index in [0.717, 1.165) is 49.6 Å². The Balaban J connectivity index is 1.40. The third-order valence-electron chi connectivity index (χ3n) is 6.72. The highest BCUT2D eigenvalue weighted by atomic mass is 32.2. The normalized spacial score (nSPS) is 21.4. The van der Waals surface area contributed by atoms with Gasteiger partial charge in [0.1, 0.15) is 11.4 Å². The molecule has 0 atom stereocenters. The monoisotopic (exact) mass is 499 g/mol. The fraction of sp³-hybridized carbons (Fsp3) is 0.520. The average molecular weight is 500 g/mol. The summed E-state index contributed by atoms with van der Waals surface area (Å²) in [5, 5.41) is 0. The number of hydrogen-bond donors (Lipinski definition) is 2. The van der Waals surface area contributed by atoms with Gasteiger partial charge in [-0.25, -0.2) is 18.4 Å². The highest BCUT2D eigenvalue weighted by Gasteiger charge is 2.35. The molecule has 1 fully saturated rings. The standard InChI is InChI=1S/C25H33N5O4S/c1-15-27-23(26)21-24(28-15)34-25(2,3)22(29-21)19-12-10-18(11-13-19)17-8-5-16(6-9-17)7-14-20(31)30-35(4,32)33/h10-13,16-17H,5-9,14H2,1-4H3,(H,30,31)(H2,26,27,28)/t16-,17-. The van der Waals surface area contributed by atoms with Gasteiger partial charge in [0.05, 0.1) is 12.0 Å². The first kappa shape index (κ1) is 25.1. The van der Waals surface area contributed by atoms with Crippen LogP contribution < -0.4 is 15.2 Å². The number of anilines is 1. The Labute approximate surface area is 206 Å².